The largest absolute Gasteiger partial charge is 0.497 e. The van der Waals surface area contributed by atoms with E-state index in [1.54, 1.807) is 7.11 Å². The number of hydrogen-bond acceptors (Lipinski definition) is 5. The summed E-state index contributed by atoms with van der Waals surface area (Å²) in [6.07, 6.45) is 5.14. The summed E-state index contributed by atoms with van der Waals surface area (Å²) in [5.41, 5.74) is 4.24. The fraction of sp³-hybridized carbons (Fsp3) is 0.429. The van der Waals surface area contributed by atoms with Gasteiger partial charge in [0.25, 0.3) is 0 Å². The van der Waals surface area contributed by atoms with Gasteiger partial charge in [0.2, 0.25) is 5.91 Å². The molecule has 0 radical (unpaired) electrons. The van der Waals surface area contributed by atoms with Crippen molar-refractivity contribution in [1.29, 1.82) is 0 Å². The van der Waals surface area contributed by atoms with Crippen LogP contribution in [0.25, 0.3) is 10.9 Å². The van der Waals surface area contributed by atoms with Crippen molar-refractivity contribution >= 4 is 28.2 Å². The molecular formula is C28H38N4O2. The summed E-state index contributed by atoms with van der Waals surface area (Å²) in [6.45, 7) is 5.63. The third-order valence-electron chi connectivity index (χ3n) is 6.02. The molecule has 2 aromatic carbocycles. The van der Waals surface area contributed by atoms with Crippen molar-refractivity contribution < 1.29 is 9.53 Å². The Bertz CT molecular complexity index is 1070. The molecule has 1 unspecified atom stereocenters. The van der Waals surface area contributed by atoms with Crippen molar-refractivity contribution in [2.75, 3.05) is 38.0 Å². The van der Waals surface area contributed by atoms with Gasteiger partial charge in [0.15, 0.2) is 0 Å². The van der Waals surface area contributed by atoms with E-state index in [1.165, 1.54) is 0 Å². The summed E-state index contributed by atoms with van der Waals surface area (Å²) in [5, 5.41) is 4.65. The van der Waals surface area contributed by atoms with Crippen LogP contribution >= 0.6 is 0 Å². The molecule has 0 saturated carbocycles. The maximum atomic E-state index is 12.8. The molecule has 0 aliphatic rings. The Morgan fingerprint density at radius 1 is 1.15 bits per heavy atom. The second-order valence-electron chi connectivity index (χ2n) is 9.06. The minimum absolute atomic E-state index is 0.225. The van der Waals surface area contributed by atoms with Gasteiger partial charge in [0.1, 0.15) is 5.75 Å². The molecule has 1 amide bonds. The molecule has 0 aliphatic carbocycles. The molecule has 1 heterocycles. The van der Waals surface area contributed by atoms with E-state index in [1.807, 2.05) is 49.5 Å². The maximum absolute atomic E-state index is 12.8. The Morgan fingerprint density at radius 2 is 1.91 bits per heavy atom. The quantitative estimate of drug-likeness (QED) is 0.373. The van der Waals surface area contributed by atoms with Crippen LogP contribution in [0.15, 0.2) is 54.7 Å². The van der Waals surface area contributed by atoms with Crippen LogP contribution in [0, 0.1) is 0 Å². The molecule has 1 N–H and O–H groups in total. The van der Waals surface area contributed by atoms with E-state index in [0.717, 1.165) is 59.4 Å². The molecule has 0 saturated heterocycles. The lowest BCUT2D eigenvalue weighted by Crippen LogP contribution is -2.32. The molecule has 0 fully saturated rings. The fourth-order valence-electron chi connectivity index (χ4n) is 4.10. The van der Waals surface area contributed by atoms with E-state index >= 15 is 0 Å². The highest BCUT2D eigenvalue weighted by molar-refractivity contribution is 5.91. The van der Waals surface area contributed by atoms with E-state index in [0.29, 0.717) is 13.0 Å². The van der Waals surface area contributed by atoms with Gasteiger partial charge in [0.05, 0.1) is 18.3 Å². The van der Waals surface area contributed by atoms with Crippen molar-refractivity contribution in [3.8, 4) is 5.75 Å². The van der Waals surface area contributed by atoms with Crippen LogP contribution in [0.5, 0.6) is 5.75 Å². The second kappa shape index (κ2) is 12.3. The third kappa shape index (κ3) is 6.86. The first-order valence-corrected chi connectivity index (χ1v) is 12.1. The number of carbonyl (C=O) groups excluding carboxylic acids is 1. The van der Waals surface area contributed by atoms with Gasteiger partial charge in [-0.25, -0.2) is 0 Å². The molecule has 6 nitrogen and oxygen atoms in total. The van der Waals surface area contributed by atoms with Gasteiger partial charge in [-0.2, -0.15) is 0 Å². The molecule has 1 aromatic heterocycles. The van der Waals surface area contributed by atoms with Gasteiger partial charge in [-0.15, -0.1) is 0 Å². The number of rotatable bonds is 12. The predicted molar refractivity (Wildman–Crippen MR) is 142 cm³/mol. The molecular weight excluding hydrogens is 424 g/mol. The van der Waals surface area contributed by atoms with Crippen LogP contribution in [-0.4, -0.2) is 49.6 Å². The molecule has 182 valence electrons. The van der Waals surface area contributed by atoms with E-state index < -0.39 is 0 Å². The Balaban J connectivity index is 1.61. The fourth-order valence-corrected chi connectivity index (χ4v) is 4.10. The number of anilines is 2. The number of ether oxygens (including phenoxy) is 1. The number of amides is 1. The average Bonchev–Trinajstić information content (AvgIpc) is 2.83. The monoisotopic (exact) mass is 462 g/mol. The summed E-state index contributed by atoms with van der Waals surface area (Å²) in [5.74, 6) is 1.04. The lowest BCUT2D eigenvalue weighted by atomic mass is 10.1. The van der Waals surface area contributed by atoms with Crippen LogP contribution in [0.2, 0.25) is 0 Å². The highest BCUT2D eigenvalue weighted by atomic mass is 16.5. The number of methoxy groups -OCH3 is 1. The summed E-state index contributed by atoms with van der Waals surface area (Å²) >= 11 is 0. The number of carbonyl (C=O) groups is 1. The van der Waals surface area contributed by atoms with Gasteiger partial charge < -0.3 is 19.9 Å². The Kier molecular flexibility index (Phi) is 9.14. The smallest absolute Gasteiger partial charge is 0.222 e. The molecule has 3 aromatic rings. The first-order valence-electron chi connectivity index (χ1n) is 12.1. The van der Waals surface area contributed by atoms with Gasteiger partial charge in [-0.05, 0) is 56.0 Å². The number of hydrogen-bond donors (Lipinski definition) is 1. The lowest BCUT2D eigenvalue weighted by Gasteiger charge is -2.24. The topological polar surface area (TPSA) is 57.7 Å². The van der Waals surface area contributed by atoms with Gasteiger partial charge >= 0.3 is 0 Å². The summed E-state index contributed by atoms with van der Waals surface area (Å²) in [7, 11) is 5.75. The van der Waals surface area contributed by atoms with E-state index in [4.69, 9.17) is 4.74 Å². The van der Waals surface area contributed by atoms with Crippen LogP contribution in [0.1, 0.15) is 45.1 Å². The molecule has 6 heteroatoms. The summed E-state index contributed by atoms with van der Waals surface area (Å²) in [6, 6.07) is 16.7. The lowest BCUT2D eigenvalue weighted by molar-refractivity contribution is -0.131. The van der Waals surface area contributed by atoms with Crippen molar-refractivity contribution in [1.82, 2.24) is 9.88 Å². The van der Waals surface area contributed by atoms with Gasteiger partial charge in [0, 0.05) is 63.0 Å². The van der Waals surface area contributed by atoms with Crippen LogP contribution in [0.4, 0.5) is 11.4 Å². The Hall–Kier alpha value is -3.28. The third-order valence-corrected chi connectivity index (χ3v) is 6.02. The Morgan fingerprint density at radius 3 is 2.59 bits per heavy atom. The standard InChI is InChI=1S/C28H38N4O2/c1-6-9-27(33)32(20-22-12-14-24(15-13-22)31(3)4)17-8-10-21(2)30-26-19-25(34-5)18-23-11-7-16-29-28(23)26/h7,11-16,18-19,21,30H,6,8-10,17,20H2,1-5H3. The first-order chi connectivity index (χ1) is 16.4. The number of benzene rings is 2. The molecule has 0 spiro atoms. The van der Waals surface area contributed by atoms with Crippen LogP contribution in [0.3, 0.4) is 0 Å². The highest BCUT2D eigenvalue weighted by Crippen LogP contribution is 2.28. The first kappa shape index (κ1) is 25.3. The average molecular weight is 463 g/mol. The van der Waals surface area contributed by atoms with E-state index in [2.05, 4.69) is 53.3 Å². The number of aromatic nitrogens is 1. The number of nitrogens with zero attached hydrogens (tertiary/aromatic N) is 3. The second-order valence-corrected chi connectivity index (χ2v) is 9.06. The van der Waals surface area contributed by atoms with Crippen molar-refractivity contribution in [2.45, 2.75) is 52.1 Å². The molecule has 34 heavy (non-hydrogen) atoms. The van der Waals surface area contributed by atoms with Gasteiger partial charge in [-0.1, -0.05) is 25.1 Å². The van der Waals surface area contributed by atoms with Crippen molar-refractivity contribution in [3.05, 3.63) is 60.3 Å². The molecule has 1 atom stereocenters. The van der Waals surface area contributed by atoms with Gasteiger partial charge in [-0.3, -0.25) is 9.78 Å². The predicted octanol–water partition coefficient (Wildman–Crippen LogP) is 5.72. The minimum atomic E-state index is 0.225. The zero-order valence-corrected chi connectivity index (χ0v) is 21.2. The molecule has 0 bridgehead atoms. The summed E-state index contributed by atoms with van der Waals surface area (Å²) < 4.78 is 5.47. The van der Waals surface area contributed by atoms with E-state index in [-0.39, 0.29) is 11.9 Å². The van der Waals surface area contributed by atoms with E-state index in [9.17, 15) is 4.79 Å². The number of fused-ring (bicyclic) bond motifs is 1. The van der Waals surface area contributed by atoms with Crippen LogP contribution in [-0.2, 0) is 11.3 Å². The molecule has 3 rings (SSSR count). The van der Waals surface area contributed by atoms with Crippen molar-refractivity contribution in [3.63, 3.8) is 0 Å². The van der Waals surface area contributed by atoms with Crippen LogP contribution < -0.4 is 15.0 Å². The van der Waals surface area contributed by atoms with Crippen molar-refractivity contribution in [2.24, 2.45) is 0 Å². The summed E-state index contributed by atoms with van der Waals surface area (Å²) in [4.78, 5) is 21.4. The normalized spacial score (nSPS) is 11.8. The molecule has 0 aliphatic heterocycles. The minimum Gasteiger partial charge on any atom is -0.497 e. The highest BCUT2D eigenvalue weighted by Gasteiger charge is 2.15. The SMILES string of the molecule is CCCC(=O)N(CCCC(C)Nc1cc(OC)cc2cccnc12)Cc1ccc(N(C)C)cc1. The Labute approximate surface area is 203 Å². The number of pyridine rings is 1. The zero-order valence-electron chi connectivity index (χ0n) is 21.2. The number of nitrogens with one attached hydrogen (secondary N) is 1. The maximum Gasteiger partial charge on any atom is 0.222 e. The zero-order chi connectivity index (χ0) is 24.5.